The quantitative estimate of drug-likeness (QED) is 0.717. The van der Waals surface area contributed by atoms with Crippen LogP contribution in [0, 0.1) is 5.41 Å². The number of hydrogen-bond acceptors (Lipinski definition) is 3. The predicted molar refractivity (Wildman–Crippen MR) is 75.4 cm³/mol. The van der Waals surface area contributed by atoms with Gasteiger partial charge in [0.05, 0.1) is 0 Å². The van der Waals surface area contributed by atoms with E-state index in [4.69, 9.17) is 0 Å². The van der Waals surface area contributed by atoms with Crippen LogP contribution in [0.1, 0.15) is 33.6 Å². The van der Waals surface area contributed by atoms with Crippen molar-refractivity contribution in [3.63, 3.8) is 0 Å². The van der Waals surface area contributed by atoms with Crippen LogP contribution in [0.4, 0.5) is 0 Å². The fourth-order valence-electron chi connectivity index (χ4n) is 2.49. The van der Waals surface area contributed by atoms with Gasteiger partial charge in [-0.15, -0.1) is 0 Å². The summed E-state index contributed by atoms with van der Waals surface area (Å²) in [6, 6.07) is 0. The molecule has 1 aliphatic heterocycles. The molecule has 1 rings (SSSR count). The second-order valence-electron chi connectivity index (χ2n) is 5.08. The van der Waals surface area contributed by atoms with E-state index in [2.05, 4.69) is 43.2 Å². The maximum absolute atomic E-state index is 4.56. The fourth-order valence-corrected chi connectivity index (χ4v) is 3.03. The highest BCUT2D eigenvalue weighted by Crippen LogP contribution is 2.29. The summed E-state index contributed by atoms with van der Waals surface area (Å²) in [4.78, 5) is 5.17. The lowest BCUT2D eigenvalue weighted by molar-refractivity contribution is 0.0917. The predicted octanol–water partition coefficient (Wildman–Crippen LogP) is 2.36. The SMILES string of the molecule is CCN1CCN(CC(CC)(CC)CS)CC1. The Morgan fingerprint density at radius 2 is 1.44 bits per heavy atom. The molecule has 0 radical (unpaired) electrons. The van der Waals surface area contributed by atoms with Gasteiger partial charge in [-0.05, 0) is 30.6 Å². The maximum atomic E-state index is 4.56. The minimum atomic E-state index is 0.442. The van der Waals surface area contributed by atoms with E-state index < -0.39 is 0 Å². The molecule has 0 aromatic carbocycles. The molecule has 0 N–H and O–H groups in total. The van der Waals surface area contributed by atoms with Crippen molar-refractivity contribution in [1.29, 1.82) is 0 Å². The molecular formula is C13H28N2S. The van der Waals surface area contributed by atoms with Crippen LogP contribution in [0.2, 0.25) is 0 Å². The Morgan fingerprint density at radius 1 is 0.938 bits per heavy atom. The minimum Gasteiger partial charge on any atom is -0.301 e. The van der Waals surface area contributed by atoms with Crippen LogP contribution >= 0.6 is 12.6 Å². The molecule has 0 aliphatic carbocycles. The second kappa shape index (κ2) is 6.87. The molecule has 1 fully saturated rings. The van der Waals surface area contributed by atoms with Crippen LogP contribution in [0.5, 0.6) is 0 Å². The molecule has 0 atom stereocenters. The monoisotopic (exact) mass is 244 g/mol. The lowest BCUT2D eigenvalue weighted by Crippen LogP contribution is -2.50. The molecule has 1 saturated heterocycles. The maximum Gasteiger partial charge on any atom is 0.0110 e. The van der Waals surface area contributed by atoms with Gasteiger partial charge < -0.3 is 9.80 Å². The van der Waals surface area contributed by atoms with E-state index in [-0.39, 0.29) is 0 Å². The minimum absolute atomic E-state index is 0.442. The second-order valence-corrected chi connectivity index (χ2v) is 5.39. The highest BCUT2D eigenvalue weighted by Gasteiger charge is 2.28. The molecular weight excluding hydrogens is 216 g/mol. The first-order chi connectivity index (χ1) is 7.69. The summed E-state index contributed by atoms with van der Waals surface area (Å²) in [6.07, 6.45) is 2.50. The first-order valence-electron chi connectivity index (χ1n) is 6.75. The topological polar surface area (TPSA) is 6.48 Å². The van der Waals surface area contributed by atoms with E-state index in [1.807, 2.05) is 0 Å². The number of thiol groups is 1. The molecule has 3 heteroatoms. The molecule has 1 heterocycles. The third-order valence-electron chi connectivity index (χ3n) is 4.31. The first-order valence-corrected chi connectivity index (χ1v) is 7.38. The van der Waals surface area contributed by atoms with Gasteiger partial charge in [0.25, 0.3) is 0 Å². The van der Waals surface area contributed by atoms with Crippen molar-refractivity contribution in [3.05, 3.63) is 0 Å². The molecule has 1 aliphatic rings. The largest absolute Gasteiger partial charge is 0.301 e. The van der Waals surface area contributed by atoms with Crippen molar-refractivity contribution in [2.75, 3.05) is 45.0 Å². The Morgan fingerprint density at radius 3 is 1.81 bits per heavy atom. The Balaban J connectivity index is 2.42. The Labute approximate surface area is 107 Å². The summed E-state index contributed by atoms with van der Waals surface area (Å²) in [5.41, 5.74) is 0.442. The lowest BCUT2D eigenvalue weighted by Gasteiger charge is -2.40. The molecule has 0 aromatic rings. The summed E-state index contributed by atoms with van der Waals surface area (Å²) in [6.45, 7) is 14.3. The van der Waals surface area contributed by atoms with E-state index in [0.29, 0.717) is 5.41 Å². The van der Waals surface area contributed by atoms with Crippen molar-refractivity contribution in [1.82, 2.24) is 9.80 Å². The fraction of sp³-hybridized carbons (Fsp3) is 1.00. The average molecular weight is 244 g/mol. The third kappa shape index (κ3) is 3.64. The number of nitrogens with zero attached hydrogens (tertiary/aromatic N) is 2. The Bertz CT molecular complexity index is 176. The highest BCUT2D eigenvalue weighted by atomic mass is 32.1. The zero-order valence-electron chi connectivity index (χ0n) is 11.2. The number of likely N-dealkylation sites (N-methyl/N-ethyl adjacent to an activating group) is 1. The molecule has 0 bridgehead atoms. The van der Waals surface area contributed by atoms with Gasteiger partial charge in [0, 0.05) is 32.7 Å². The summed E-state index contributed by atoms with van der Waals surface area (Å²) >= 11 is 4.56. The third-order valence-corrected chi connectivity index (χ3v) is 4.98. The van der Waals surface area contributed by atoms with Crippen molar-refractivity contribution in [2.45, 2.75) is 33.6 Å². The lowest BCUT2D eigenvalue weighted by atomic mass is 9.83. The van der Waals surface area contributed by atoms with E-state index in [0.717, 1.165) is 5.75 Å². The first kappa shape index (κ1) is 14.3. The Kier molecular flexibility index (Phi) is 6.16. The van der Waals surface area contributed by atoms with Crippen molar-refractivity contribution in [2.24, 2.45) is 5.41 Å². The number of rotatable bonds is 6. The zero-order chi connectivity index (χ0) is 12.0. The van der Waals surface area contributed by atoms with Gasteiger partial charge in [-0.25, -0.2) is 0 Å². The highest BCUT2D eigenvalue weighted by molar-refractivity contribution is 7.80. The van der Waals surface area contributed by atoms with Crippen molar-refractivity contribution in [3.8, 4) is 0 Å². The summed E-state index contributed by atoms with van der Waals surface area (Å²) in [5, 5.41) is 0. The van der Waals surface area contributed by atoms with Gasteiger partial charge in [0.1, 0.15) is 0 Å². The molecule has 2 nitrogen and oxygen atoms in total. The van der Waals surface area contributed by atoms with Crippen LogP contribution < -0.4 is 0 Å². The summed E-state index contributed by atoms with van der Waals surface area (Å²) in [5.74, 6) is 1.02. The van der Waals surface area contributed by atoms with E-state index in [1.54, 1.807) is 0 Å². The molecule has 0 amide bonds. The number of piperazine rings is 1. The normalized spacial score (nSPS) is 20.2. The molecule has 0 aromatic heterocycles. The Hall–Kier alpha value is 0.270. The zero-order valence-corrected chi connectivity index (χ0v) is 12.1. The van der Waals surface area contributed by atoms with Crippen molar-refractivity contribution >= 4 is 12.6 Å². The van der Waals surface area contributed by atoms with Crippen LogP contribution in [-0.2, 0) is 0 Å². The smallest absolute Gasteiger partial charge is 0.0110 e. The molecule has 0 saturated carbocycles. The van der Waals surface area contributed by atoms with Gasteiger partial charge in [0.2, 0.25) is 0 Å². The van der Waals surface area contributed by atoms with Gasteiger partial charge in [0.15, 0.2) is 0 Å². The molecule has 0 spiro atoms. The van der Waals surface area contributed by atoms with Crippen LogP contribution in [0.3, 0.4) is 0 Å². The van der Waals surface area contributed by atoms with Gasteiger partial charge in [-0.3, -0.25) is 0 Å². The van der Waals surface area contributed by atoms with Crippen LogP contribution in [0.15, 0.2) is 0 Å². The summed E-state index contributed by atoms with van der Waals surface area (Å²) in [7, 11) is 0. The molecule has 96 valence electrons. The molecule has 0 unspecified atom stereocenters. The van der Waals surface area contributed by atoms with E-state index in [9.17, 15) is 0 Å². The van der Waals surface area contributed by atoms with E-state index >= 15 is 0 Å². The van der Waals surface area contributed by atoms with Crippen LogP contribution in [0.25, 0.3) is 0 Å². The van der Waals surface area contributed by atoms with Crippen LogP contribution in [-0.4, -0.2) is 54.8 Å². The molecule has 16 heavy (non-hydrogen) atoms. The summed E-state index contributed by atoms with van der Waals surface area (Å²) < 4.78 is 0. The van der Waals surface area contributed by atoms with Crippen molar-refractivity contribution < 1.29 is 0 Å². The van der Waals surface area contributed by atoms with Gasteiger partial charge in [-0.2, -0.15) is 12.6 Å². The van der Waals surface area contributed by atoms with Gasteiger partial charge in [-0.1, -0.05) is 20.8 Å². The van der Waals surface area contributed by atoms with E-state index in [1.165, 1.54) is 52.1 Å². The number of hydrogen-bond donors (Lipinski definition) is 1. The average Bonchev–Trinajstić information content (AvgIpc) is 2.37. The van der Waals surface area contributed by atoms with Gasteiger partial charge >= 0.3 is 0 Å². The standard InChI is InChI=1S/C13H28N2S/c1-4-13(5-2,12-16)11-15-9-7-14(6-3)8-10-15/h16H,4-12H2,1-3H3.